The monoisotopic (exact) mass is 785 g/mol. The van der Waals surface area contributed by atoms with Crippen molar-refractivity contribution in [2.75, 3.05) is 0 Å². The number of pyridine rings is 1. The molecule has 0 aliphatic heterocycles. The molecule has 0 unspecified atom stereocenters. The van der Waals surface area contributed by atoms with Gasteiger partial charge in [0, 0.05) is 59.4 Å². The third-order valence-electron chi connectivity index (χ3n) is 11.7. The number of rotatable bonds is 6. The van der Waals surface area contributed by atoms with E-state index in [1.807, 2.05) is 29.5 Å². The fraction of sp³-hybridized carbons (Fsp3) is 0.0364. The Bertz CT molecular complexity index is 3520. The van der Waals surface area contributed by atoms with Gasteiger partial charge in [-0.25, -0.2) is 15.0 Å². The molecule has 0 radical (unpaired) electrons. The van der Waals surface area contributed by atoms with E-state index >= 15 is 0 Å². The molecular weight excluding hydrogens is 751 g/mol. The number of para-hydroxylation sites is 2. The van der Waals surface area contributed by atoms with Crippen LogP contribution in [0.25, 0.3) is 115 Å². The van der Waals surface area contributed by atoms with Gasteiger partial charge in [-0.15, -0.1) is 11.3 Å². The van der Waals surface area contributed by atoms with Crippen molar-refractivity contribution in [1.82, 2.24) is 15.0 Å². The Kier molecular flexibility index (Phi) is 8.13. The molecule has 1 aliphatic carbocycles. The number of allylic oxidation sites excluding steroid dienone is 4. The minimum absolute atomic E-state index is 0.672. The molecule has 0 atom stereocenters. The zero-order valence-corrected chi connectivity index (χ0v) is 33.3. The number of nitrogens with zero attached hydrogens (tertiary/aromatic N) is 3. The van der Waals surface area contributed by atoms with E-state index in [-0.39, 0.29) is 0 Å². The lowest BCUT2D eigenvalue weighted by Gasteiger charge is -2.12. The van der Waals surface area contributed by atoms with E-state index in [1.165, 1.54) is 36.7 Å². The van der Waals surface area contributed by atoms with Crippen LogP contribution in [0.15, 0.2) is 193 Å². The molecule has 0 saturated heterocycles. The van der Waals surface area contributed by atoms with Gasteiger partial charge in [-0.2, -0.15) is 0 Å². The summed E-state index contributed by atoms with van der Waals surface area (Å²) in [7, 11) is 0. The molecule has 282 valence electrons. The smallest absolute Gasteiger partial charge is 0.160 e. The van der Waals surface area contributed by atoms with Crippen LogP contribution in [0.4, 0.5) is 0 Å². The third kappa shape index (κ3) is 5.85. The van der Waals surface area contributed by atoms with Gasteiger partial charge in [0.25, 0.3) is 0 Å². The van der Waals surface area contributed by atoms with Crippen LogP contribution in [0.5, 0.6) is 0 Å². The minimum atomic E-state index is 0.672. The Morgan fingerprint density at radius 1 is 0.483 bits per heavy atom. The van der Waals surface area contributed by atoms with E-state index in [4.69, 9.17) is 19.4 Å². The molecule has 11 aromatic rings. The highest BCUT2D eigenvalue weighted by Crippen LogP contribution is 2.44. The standard InChI is InChI=1S/C55H35N3OS/c1-3-12-34(13-4-1)40-30-31-46-45(32-40)51-44-17-8-10-21-50(44)60-54(51)52(56-46)38-26-28-39(29-27-38)55-57-47(36-14-5-2-6-15-36)33-48(58-55)37-24-22-35(23-25-37)41-18-11-19-43-42-16-7-9-20-49(42)59-53(41)43/h2-3,5-33H,1,4H2. The van der Waals surface area contributed by atoms with Gasteiger partial charge in [0.05, 0.1) is 27.3 Å². The van der Waals surface area contributed by atoms with Crippen molar-refractivity contribution in [3.63, 3.8) is 0 Å². The molecule has 0 amide bonds. The number of thiophene rings is 1. The number of hydrogen-bond donors (Lipinski definition) is 0. The third-order valence-corrected chi connectivity index (χ3v) is 12.9. The Morgan fingerprint density at radius 2 is 1.17 bits per heavy atom. The predicted octanol–water partition coefficient (Wildman–Crippen LogP) is 15.4. The fourth-order valence-electron chi connectivity index (χ4n) is 8.74. The van der Waals surface area contributed by atoms with Crippen molar-refractivity contribution < 1.29 is 4.42 Å². The summed E-state index contributed by atoms with van der Waals surface area (Å²) in [5.41, 5.74) is 14.3. The Hall–Kier alpha value is -7.47. The summed E-state index contributed by atoms with van der Waals surface area (Å²) in [6.07, 6.45) is 9.04. The number of aromatic nitrogens is 3. The second kappa shape index (κ2) is 14.1. The van der Waals surface area contributed by atoms with Crippen molar-refractivity contribution >= 4 is 69.9 Å². The van der Waals surface area contributed by atoms with Crippen molar-refractivity contribution in [1.29, 1.82) is 0 Å². The number of fused-ring (bicyclic) bond motifs is 8. The molecule has 60 heavy (non-hydrogen) atoms. The van der Waals surface area contributed by atoms with E-state index in [2.05, 4.69) is 170 Å². The minimum Gasteiger partial charge on any atom is -0.455 e. The maximum absolute atomic E-state index is 6.37. The fourth-order valence-corrected chi connectivity index (χ4v) is 9.97. The summed E-state index contributed by atoms with van der Waals surface area (Å²) in [6, 6.07) is 59.7. The zero-order valence-electron chi connectivity index (χ0n) is 32.5. The first-order valence-electron chi connectivity index (χ1n) is 20.4. The highest BCUT2D eigenvalue weighted by atomic mass is 32.1. The molecule has 12 rings (SSSR count). The second-order valence-electron chi connectivity index (χ2n) is 15.4. The van der Waals surface area contributed by atoms with E-state index in [0.717, 1.165) is 90.8 Å². The molecule has 0 spiro atoms. The van der Waals surface area contributed by atoms with Crippen LogP contribution in [0.2, 0.25) is 0 Å². The van der Waals surface area contributed by atoms with Gasteiger partial charge in [-0.1, -0.05) is 158 Å². The van der Waals surface area contributed by atoms with Gasteiger partial charge in [-0.3, -0.25) is 0 Å². The Morgan fingerprint density at radius 3 is 1.98 bits per heavy atom. The van der Waals surface area contributed by atoms with Crippen molar-refractivity contribution in [2.45, 2.75) is 12.8 Å². The molecule has 4 nitrogen and oxygen atoms in total. The maximum Gasteiger partial charge on any atom is 0.160 e. The largest absolute Gasteiger partial charge is 0.455 e. The zero-order chi connectivity index (χ0) is 39.6. The van der Waals surface area contributed by atoms with Crippen LogP contribution in [-0.4, -0.2) is 15.0 Å². The molecular formula is C55H35N3OS. The molecule has 0 fully saturated rings. The van der Waals surface area contributed by atoms with Gasteiger partial charge in [0.15, 0.2) is 5.82 Å². The first-order chi connectivity index (χ1) is 29.7. The molecule has 1 aliphatic rings. The lowest BCUT2D eigenvalue weighted by molar-refractivity contribution is 0.670. The van der Waals surface area contributed by atoms with Crippen LogP contribution >= 0.6 is 11.3 Å². The quantitative estimate of drug-likeness (QED) is 0.168. The number of hydrogen-bond acceptors (Lipinski definition) is 5. The van der Waals surface area contributed by atoms with Crippen molar-refractivity contribution in [2.24, 2.45) is 0 Å². The normalized spacial score (nSPS) is 12.9. The topological polar surface area (TPSA) is 51.8 Å². The molecule has 4 aromatic heterocycles. The van der Waals surface area contributed by atoms with Crippen LogP contribution in [-0.2, 0) is 0 Å². The molecule has 0 bridgehead atoms. The van der Waals surface area contributed by atoms with E-state index < -0.39 is 0 Å². The summed E-state index contributed by atoms with van der Waals surface area (Å²) in [5.74, 6) is 0.672. The van der Waals surface area contributed by atoms with E-state index in [9.17, 15) is 0 Å². The van der Waals surface area contributed by atoms with Crippen molar-refractivity contribution in [3.05, 3.63) is 194 Å². The van der Waals surface area contributed by atoms with E-state index in [0.29, 0.717) is 5.82 Å². The SMILES string of the molecule is C1=CC(c2ccc3nc(-c4ccc(-c5nc(-c6ccccc6)cc(-c6ccc(-c7cccc8c7oc7ccccc78)cc6)n5)cc4)c4sc5ccccc5c4c3c2)=CCC1. The molecule has 7 aromatic carbocycles. The lowest BCUT2D eigenvalue weighted by Crippen LogP contribution is -1.96. The average molecular weight is 786 g/mol. The second-order valence-corrected chi connectivity index (χ2v) is 16.4. The average Bonchev–Trinajstić information content (AvgIpc) is 3.91. The summed E-state index contributed by atoms with van der Waals surface area (Å²) in [6.45, 7) is 0. The highest BCUT2D eigenvalue weighted by Gasteiger charge is 2.19. The predicted molar refractivity (Wildman–Crippen MR) is 251 cm³/mol. The Balaban J connectivity index is 0.942. The van der Waals surface area contributed by atoms with Gasteiger partial charge < -0.3 is 4.42 Å². The van der Waals surface area contributed by atoms with Crippen LogP contribution in [0, 0.1) is 0 Å². The lowest BCUT2D eigenvalue weighted by atomic mass is 9.96. The van der Waals surface area contributed by atoms with Crippen LogP contribution < -0.4 is 0 Å². The summed E-state index contributed by atoms with van der Waals surface area (Å²) < 4.78 is 8.83. The highest BCUT2D eigenvalue weighted by molar-refractivity contribution is 7.26. The van der Waals surface area contributed by atoms with Gasteiger partial charge in [0.2, 0.25) is 0 Å². The molecule has 4 heterocycles. The number of benzene rings is 7. The molecule has 0 N–H and O–H groups in total. The maximum atomic E-state index is 6.37. The summed E-state index contributed by atoms with van der Waals surface area (Å²) in [4.78, 5) is 15.7. The van der Waals surface area contributed by atoms with Crippen LogP contribution in [0.3, 0.4) is 0 Å². The van der Waals surface area contributed by atoms with Gasteiger partial charge in [0.1, 0.15) is 11.2 Å². The summed E-state index contributed by atoms with van der Waals surface area (Å²) >= 11 is 1.82. The van der Waals surface area contributed by atoms with Crippen molar-refractivity contribution in [3.8, 4) is 56.3 Å². The number of furan rings is 1. The molecule has 0 saturated carbocycles. The van der Waals surface area contributed by atoms with Gasteiger partial charge in [-0.05, 0) is 59.9 Å². The Labute approximate surface area is 350 Å². The molecule has 5 heteroatoms. The first kappa shape index (κ1) is 34.6. The summed E-state index contributed by atoms with van der Waals surface area (Å²) in [5, 5.41) is 5.98. The van der Waals surface area contributed by atoms with E-state index in [1.54, 1.807) is 0 Å². The van der Waals surface area contributed by atoms with Crippen LogP contribution in [0.1, 0.15) is 18.4 Å². The van der Waals surface area contributed by atoms with Gasteiger partial charge >= 0.3 is 0 Å². The first-order valence-corrected chi connectivity index (χ1v) is 21.2.